The molecule has 1 aromatic carbocycles. The SMILES string of the molecule is CCC(=O)[C@]1(c2cccc(OC(C)C)c2)CCN(C)C1. The molecule has 3 nitrogen and oxygen atoms in total. The van der Waals surface area contributed by atoms with Gasteiger partial charge < -0.3 is 9.64 Å². The molecule has 0 saturated carbocycles. The Morgan fingerprint density at radius 2 is 2.20 bits per heavy atom. The van der Waals surface area contributed by atoms with Gasteiger partial charge in [-0.1, -0.05) is 19.1 Å². The number of Topliss-reactive ketones (excluding diaryl/α,β-unsaturated/α-hetero) is 1. The Kier molecular flexibility index (Phi) is 4.48. The number of benzene rings is 1. The fraction of sp³-hybridized carbons (Fsp3) is 0.588. The molecule has 0 aliphatic carbocycles. The average Bonchev–Trinajstić information content (AvgIpc) is 2.81. The molecule has 20 heavy (non-hydrogen) atoms. The Hall–Kier alpha value is -1.35. The summed E-state index contributed by atoms with van der Waals surface area (Å²) in [7, 11) is 2.08. The van der Waals surface area contributed by atoms with Gasteiger partial charge in [0.1, 0.15) is 11.5 Å². The van der Waals surface area contributed by atoms with Gasteiger partial charge in [-0.3, -0.25) is 4.79 Å². The third kappa shape index (κ3) is 2.88. The normalized spacial score (nSPS) is 23.2. The molecule has 1 fully saturated rings. The molecule has 2 rings (SSSR count). The number of rotatable bonds is 5. The quantitative estimate of drug-likeness (QED) is 0.827. The molecular formula is C17H25NO2. The van der Waals surface area contributed by atoms with E-state index < -0.39 is 0 Å². The summed E-state index contributed by atoms with van der Waals surface area (Å²) in [5, 5.41) is 0. The van der Waals surface area contributed by atoms with E-state index >= 15 is 0 Å². The van der Waals surface area contributed by atoms with E-state index in [-0.39, 0.29) is 11.5 Å². The molecule has 0 unspecified atom stereocenters. The van der Waals surface area contributed by atoms with Crippen molar-refractivity contribution in [3.05, 3.63) is 29.8 Å². The van der Waals surface area contributed by atoms with Gasteiger partial charge in [0.25, 0.3) is 0 Å². The molecule has 1 saturated heterocycles. The molecule has 1 atom stereocenters. The fourth-order valence-electron chi connectivity index (χ4n) is 3.10. The molecule has 3 heteroatoms. The summed E-state index contributed by atoms with van der Waals surface area (Å²) in [6.45, 7) is 7.77. The van der Waals surface area contributed by atoms with Crippen LogP contribution >= 0.6 is 0 Å². The number of carbonyl (C=O) groups is 1. The van der Waals surface area contributed by atoms with Crippen LogP contribution in [0.15, 0.2) is 24.3 Å². The Balaban J connectivity index is 2.37. The average molecular weight is 275 g/mol. The maximum Gasteiger partial charge on any atom is 0.144 e. The monoisotopic (exact) mass is 275 g/mol. The van der Waals surface area contributed by atoms with Gasteiger partial charge in [-0.25, -0.2) is 0 Å². The summed E-state index contributed by atoms with van der Waals surface area (Å²) in [6.07, 6.45) is 1.64. The zero-order valence-corrected chi connectivity index (χ0v) is 13.0. The van der Waals surface area contributed by atoms with E-state index in [0.29, 0.717) is 12.2 Å². The predicted octanol–water partition coefficient (Wildman–Crippen LogP) is 3.03. The lowest BCUT2D eigenvalue weighted by Crippen LogP contribution is -2.38. The molecule has 0 amide bonds. The van der Waals surface area contributed by atoms with Crippen LogP contribution in [0.25, 0.3) is 0 Å². The van der Waals surface area contributed by atoms with Gasteiger partial charge in [0.15, 0.2) is 0 Å². The lowest BCUT2D eigenvalue weighted by atomic mass is 9.75. The maximum absolute atomic E-state index is 12.5. The van der Waals surface area contributed by atoms with Crippen LogP contribution in [0, 0.1) is 0 Å². The molecule has 0 spiro atoms. The third-order valence-corrected chi connectivity index (χ3v) is 4.07. The van der Waals surface area contributed by atoms with E-state index in [2.05, 4.69) is 18.0 Å². The van der Waals surface area contributed by atoms with E-state index in [1.54, 1.807) is 0 Å². The minimum Gasteiger partial charge on any atom is -0.491 e. The largest absolute Gasteiger partial charge is 0.491 e. The molecule has 1 heterocycles. The minimum atomic E-state index is -0.347. The smallest absolute Gasteiger partial charge is 0.144 e. The highest BCUT2D eigenvalue weighted by Crippen LogP contribution is 2.37. The van der Waals surface area contributed by atoms with Crippen molar-refractivity contribution in [2.24, 2.45) is 0 Å². The summed E-state index contributed by atoms with van der Waals surface area (Å²) in [5.74, 6) is 1.19. The number of likely N-dealkylation sites (N-methyl/N-ethyl adjacent to an activating group) is 1. The van der Waals surface area contributed by atoms with Crippen LogP contribution in [0.1, 0.15) is 39.2 Å². The van der Waals surface area contributed by atoms with E-state index in [9.17, 15) is 4.79 Å². The van der Waals surface area contributed by atoms with E-state index in [1.807, 2.05) is 39.0 Å². The van der Waals surface area contributed by atoms with Gasteiger partial charge >= 0.3 is 0 Å². The number of nitrogens with zero attached hydrogens (tertiary/aromatic N) is 1. The second kappa shape index (κ2) is 5.96. The topological polar surface area (TPSA) is 29.5 Å². The van der Waals surface area contributed by atoms with Crippen molar-refractivity contribution in [2.75, 3.05) is 20.1 Å². The van der Waals surface area contributed by atoms with Crippen molar-refractivity contribution in [1.82, 2.24) is 4.90 Å². The summed E-state index contributed by atoms with van der Waals surface area (Å²) >= 11 is 0. The predicted molar refractivity (Wildman–Crippen MR) is 81.3 cm³/mol. The van der Waals surface area contributed by atoms with Gasteiger partial charge in [0.05, 0.1) is 11.5 Å². The number of ketones is 1. The molecular weight excluding hydrogens is 250 g/mol. The first-order chi connectivity index (χ1) is 9.48. The lowest BCUT2D eigenvalue weighted by molar-refractivity contribution is -0.123. The van der Waals surface area contributed by atoms with Crippen LogP contribution in [-0.4, -0.2) is 36.9 Å². The Morgan fingerprint density at radius 1 is 1.45 bits per heavy atom. The standard InChI is InChI=1S/C17H25NO2/c1-5-16(19)17(9-10-18(4)12-17)14-7-6-8-15(11-14)20-13(2)3/h6-8,11,13H,5,9-10,12H2,1-4H3/t17-/m1/s1. The third-order valence-electron chi connectivity index (χ3n) is 4.07. The molecule has 0 N–H and O–H groups in total. The van der Waals surface area contributed by atoms with Crippen LogP contribution < -0.4 is 4.74 Å². The second-order valence-corrected chi connectivity index (χ2v) is 6.04. The summed E-state index contributed by atoms with van der Waals surface area (Å²) in [6, 6.07) is 8.08. The minimum absolute atomic E-state index is 0.148. The summed E-state index contributed by atoms with van der Waals surface area (Å²) < 4.78 is 5.77. The number of hydrogen-bond acceptors (Lipinski definition) is 3. The molecule has 0 bridgehead atoms. The van der Waals surface area contributed by atoms with Gasteiger partial charge in [0.2, 0.25) is 0 Å². The first-order valence-corrected chi connectivity index (χ1v) is 7.47. The second-order valence-electron chi connectivity index (χ2n) is 6.04. The Labute approximate surface area is 121 Å². The number of hydrogen-bond donors (Lipinski definition) is 0. The molecule has 1 aromatic rings. The molecule has 0 aromatic heterocycles. The van der Waals surface area contributed by atoms with Crippen molar-refractivity contribution >= 4 is 5.78 Å². The number of ether oxygens (including phenoxy) is 1. The van der Waals surface area contributed by atoms with Gasteiger partial charge in [-0.2, -0.15) is 0 Å². The van der Waals surface area contributed by atoms with E-state index in [4.69, 9.17) is 4.74 Å². The lowest BCUT2D eigenvalue weighted by Gasteiger charge is -2.28. The van der Waals surface area contributed by atoms with Crippen molar-refractivity contribution in [2.45, 2.75) is 45.1 Å². The summed E-state index contributed by atoms with van der Waals surface area (Å²) in [5.41, 5.74) is 0.756. The Morgan fingerprint density at radius 3 is 2.75 bits per heavy atom. The van der Waals surface area contributed by atoms with Gasteiger partial charge in [-0.05, 0) is 51.6 Å². The van der Waals surface area contributed by atoms with Crippen LogP contribution in [-0.2, 0) is 10.2 Å². The van der Waals surface area contributed by atoms with Crippen molar-refractivity contribution in [3.63, 3.8) is 0 Å². The molecule has 110 valence electrons. The van der Waals surface area contributed by atoms with Crippen molar-refractivity contribution in [1.29, 1.82) is 0 Å². The van der Waals surface area contributed by atoms with Crippen molar-refractivity contribution in [3.8, 4) is 5.75 Å². The van der Waals surface area contributed by atoms with E-state index in [0.717, 1.165) is 30.8 Å². The van der Waals surface area contributed by atoms with E-state index in [1.165, 1.54) is 0 Å². The van der Waals surface area contributed by atoms with Crippen molar-refractivity contribution < 1.29 is 9.53 Å². The van der Waals surface area contributed by atoms with Crippen LogP contribution in [0.2, 0.25) is 0 Å². The zero-order chi connectivity index (χ0) is 14.8. The molecule has 0 radical (unpaired) electrons. The van der Waals surface area contributed by atoms with Crippen LogP contribution in [0.3, 0.4) is 0 Å². The molecule has 1 aliphatic heterocycles. The Bertz CT molecular complexity index is 484. The number of likely N-dealkylation sites (tertiary alicyclic amines) is 1. The molecule has 1 aliphatic rings. The highest BCUT2D eigenvalue weighted by molar-refractivity contribution is 5.90. The fourth-order valence-corrected chi connectivity index (χ4v) is 3.10. The highest BCUT2D eigenvalue weighted by atomic mass is 16.5. The van der Waals surface area contributed by atoms with Gasteiger partial charge in [-0.15, -0.1) is 0 Å². The maximum atomic E-state index is 12.5. The summed E-state index contributed by atoms with van der Waals surface area (Å²) in [4.78, 5) is 14.8. The zero-order valence-electron chi connectivity index (χ0n) is 13.0. The first-order valence-electron chi connectivity index (χ1n) is 7.47. The highest BCUT2D eigenvalue weighted by Gasteiger charge is 2.43. The number of carbonyl (C=O) groups excluding carboxylic acids is 1. The van der Waals surface area contributed by atoms with Gasteiger partial charge in [0, 0.05) is 13.0 Å². The first kappa shape index (κ1) is 15.0. The van der Waals surface area contributed by atoms with Crippen LogP contribution in [0.5, 0.6) is 5.75 Å². The van der Waals surface area contributed by atoms with Crippen LogP contribution in [0.4, 0.5) is 0 Å².